The third kappa shape index (κ3) is 3.41. The summed E-state index contributed by atoms with van der Waals surface area (Å²) in [7, 11) is 0. The zero-order valence-electron chi connectivity index (χ0n) is 12.2. The van der Waals surface area contributed by atoms with E-state index in [1.54, 1.807) is 0 Å². The minimum absolute atomic E-state index is 0.118. The number of anilines is 1. The fourth-order valence-electron chi connectivity index (χ4n) is 2.20. The van der Waals surface area contributed by atoms with Gasteiger partial charge in [-0.2, -0.15) is 0 Å². The summed E-state index contributed by atoms with van der Waals surface area (Å²) in [5.41, 5.74) is 12.1. The van der Waals surface area contributed by atoms with E-state index in [1.165, 1.54) is 22.3 Å². The van der Waals surface area contributed by atoms with Gasteiger partial charge in [0.2, 0.25) is 0 Å². The van der Waals surface area contributed by atoms with E-state index in [1.807, 2.05) is 0 Å². The maximum Gasteiger partial charge on any atom is 0.0636 e. The van der Waals surface area contributed by atoms with Crippen LogP contribution < -0.4 is 11.1 Å². The first-order valence-corrected chi connectivity index (χ1v) is 7.60. The second kappa shape index (κ2) is 6.42. The van der Waals surface area contributed by atoms with Gasteiger partial charge in [0.05, 0.1) is 6.04 Å². The molecule has 2 aromatic carbocycles. The summed E-state index contributed by atoms with van der Waals surface area (Å²) in [5, 5.41) is 3.53. The number of halogens is 1. The molecule has 0 aliphatic heterocycles. The Bertz CT molecular complexity index is 608. The highest BCUT2D eigenvalue weighted by atomic mass is 79.9. The normalized spacial score (nSPS) is 12.2. The molecule has 0 aliphatic rings. The van der Waals surface area contributed by atoms with E-state index in [9.17, 15) is 0 Å². The fraction of sp³-hybridized carbons (Fsp3) is 0.294. The Morgan fingerprint density at radius 1 is 1.05 bits per heavy atom. The molecular formula is C17H21BrN2. The summed E-state index contributed by atoms with van der Waals surface area (Å²) in [6, 6.07) is 12.9. The van der Waals surface area contributed by atoms with Crippen molar-refractivity contribution < 1.29 is 0 Å². The molecule has 0 spiro atoms. The molecule has 2 rings (SSSR count). The lowest BCUT2D eigenvalue weighted by Gasteiger charge is -2.21. The van der Waals surface area contributed by atoms with Gasteiger partial charge in [0.15, 0.2) is 0 Å². The van der Waals surface area contributed by atoms with Gasteiger partial charge in [-0.1, -0.05) is 24.3 Å². The summed E-state index contributed by atoms with van der Waals surface area (Å²) in [5.74, 6) is 0. The lowest BCUT2D eigenvalue weighted by molar-refractivity contribution is 0.787. The Labute approximate surface area is 129 Å². The van der Waals surface area contributed by atoms with Crippen molar-refractivity contribution in [1.82, 2.24) is 0 Å². The molecule has 0 saturated heterocycles. The topological polar surface area (TPSA) is 38.0 Å². The molecular weight excluding hydrogens is 312 g/mol. The molecule has 0 aromatic heterocycles. The Kier molecular flexibility index (Phi) is 4.84. The van der Waals surface area contributed by atoms with Crippen molar-refractivity contribution in [3.8, 4) is 0 Å². The highest BCUT2D eigenvalue weighted by Crippen LogP contribution is 2.28. The summed E-state index contributed by atoms with van der Waals surface area (Å²) >= 11 is 3.58. The molecule has 2 nitrogen and oxygen atoms in total. The molecule has 0 amide bonds. The second-order valence-corrected chi connectivity index (χ2v) is 6.11. The fourth-order valence-corrected chi connectivity index (χ4v) is 2.56. The summed E-state index contributed by atoms with van der Waals surface area (Å²) in [6.45, 7) is 6.91. The Morgan fingerprint density at radius 3 is 2.45 bits per heavy atom. The highest BCUT2D eigenvalue weighted by molar-refractivity contribution is 9.10. The van der Waals surface area contributed by atoms with Crippen molar-refractivity contribution in [3.63, 3.8) is 0 Å². The third-order valence-electron chi connectivity index (χ3n) is 3.62. The first-order chi connectivity index (χ1) is 9.51. The first kappa shape index (κ1) is 15.1. The van der Waals surface area contributed by atoms with Gasteiger partial charge in [-0.15, -0.1) is 0 Å². The van der Waals surface area contributed by atoms with E-state index in [-0.39, 0.29) is 6.04 Å². The van der Waals surface area contributed by atoms with Crippen molar-refractivity contribution >= 4 is 21.6 Å². The van der Waals surface area contributed by atoms with Gasteiger partial charge in [-0.25, -0.2) is 0 Å². The Morgan fingerprint density at radius 2 is 1.80 bits per heavy atom. The van der Waals surface area contributed by atoms with Crippen LogP contribution in [-0.2, 0) is 0 Å². The zero-order chi connectivity index (χ0) is 14.7. The third-order valence-corrected chi connectivity index (χ3v) is 4.31. The quantitative estimate of drug-likeness (QED) is 0.865. The van der Waals surface area contributed by atoms with Crippen molar-refractivity contribution in [3.05, 3.63) is 63.1 Å². The minimum Gasteiger partial charge on any atom is -0.376 e. The summed E-state index contributed by atoms with van der Waals surface area (Å²) in [6.07, 6.45) is 0. The molecule has 1 unspecified atom stereocenters. The number of hydrogen-bond donors (Lipinski definition) is 2. The van der Waals surface area contributed by atoms with Crippen LogP contribution in [0.5, 0.6) is 0 Å². The Balaban J connectivity index is 2.28. The number of nitrogens with one attached hydrogen (secondary N) is 1. The van der Waals surface area contributed by atoms with Crippen LogP contribution in [0.2, 0.25) is 0 Å². The van der Waals surface area contributed by atoms with Crippen LogP contribution in [0.4, 0.5) is 5.69 Å². The largest absolute Gasteiger partial charge is 0.376 e. The lowest BCUT2D eigenvalue weighted by atomic mass is 10.0. The van der Waals surface area contributed by atoms with Crippen LogP contribution in [0.15, 0.2) is 40.9 Å². The van der Waals surface area contributed by atoms with Crippen molar-refractivity contribution in [2.75, 3.05) is 11.9 Å². The zero-order valence-corrected chi connectivity index (χ0v) is 13.8. The molecule has 0 fully saturated rings. The molecule has 1 atom stereocenters. The van der Waals surface area contributed by atoms with E-state index in [4.69, 9.17) is 5.73 Å². The molecule has 2 aromatic rings. The van der Waals surface area contributed by atoms with Crippen molar-refractivity contribution in [2.45, 2.75) is 26.8 Å². The van der Waals surface area contributed by atoms with Gasteiger partial charge in [-0.3, -0.25) is 0 Å². The molecule has 0 radical (unpaired) electrons. The van der Waals surface area contributed by atoms with E-state index in [2.05, 4.69) is 78.4 Å². The smallest absolute Gasteiger partial charge is 0.0636 e. The molecule has 0 saturated carbocycles. The number of nitrogens with two attached hydrogens (primary N) is 1. The van der Waals surface area contributed by atoms with Crippen LogP contribution >= 0.6 is 15.9 Å². The van der Waals surface area contributed by atoms with Crippen molar-refractivity contribution in [2.24, 2.45) is 5.73 Å². The maximum atomic E-state index is 5.95. The van der Waals surface area contributed by atoms with E-state index in [0.717, 1.165) is 10.2 Å². The number of hydrogen-bond acceptors (Lipinski definition) is 2. The summed E-state index contributed by atoms with van der Waals surface area (Å²) < 4.78 is 1.06. The van der Waals surface area contributed by atoms with Gasteiger partial charge >= 0.3 is 0 Å². The average Bonchev–Trinajstić information content (AvgIpc) is 2.43. The SMILES string of the molecule is Cc1ccc(Br)c(NC(CN)c2ccc(C)c(C)c2)c1. The van der Waals surface area contributed by atoms with Gasteiger partial charge in [-0.05, 0) is 71.1 Å². The molecule has 0 heterocycles. The maximum absolute atomic E-state index is 5.95. The van der Waals surface area contributed by atoms with Crippen LogP contribution in [0, 0.1) is 20.8 Å². The van der Waals surface area contributed by atoms with Gasteiger partial charge in [0, 0.05) is 16.7 Å². The van der Waals surface area contributed by atoms with Crippen LogP contribution in [-0.4, -0.2) is 6.54 Å². The van der Waals surface area contributed by atoms with Crippen LogP contribution in [0.3, 0.4) is 0 Å². The predicted molar refractivity (Wildman–Crippen MR) is 90.2 cm³/mol. The molecule has 0 aliphatic carbocycles. The van der Waals surface area contributed by atoms with Crippen LogP contribution in [0.1, 0.15) is 28.3 Å². The monoisotopic (exact) mass is 332 g/mol. The van der Waals surface area contributed by atoms with E-state index in [0.29, 0.717) is 6.54 Å². The lowest BCUT2D eigenvalue weighted by Crippen LogP contribution is -2.21. The molecule has 3 heteroatoms. The van der Waals surface area contributed by atoms with E-state index >= 15 is 0 Å². The molecule has 0 bridgehead atoms. The van der Waals surface area contributed by atoms with E-state index < -0.39 is 0 Å². The standard InChI is InChI=1S/C17H21BrN2/c1-11-4-7-15(18)16(8-11)20-17(10-19)14-6-5-12(2)13(3)9-14/h4-9,17,20H,10,19H2,1-3H3. The summed E-state index contributed by atoms with van der Waals surface area (Å²) in [4.78, 5) is 0. The van der Waals surface area contributed by atoms with Crippen molar-refractivity contribution in [1.29, 1.82) is 0 Å². The second-order valence-electron chi connectivity index (χ2n) is 5.26. The highest BCUT2D eigenvalue weighted by Gasteiger charge is 2.12. The molecule has 106 valence electrons. The Hall–Kier alpha value is -1.32. The average molecular weight is 333 g/mol. The number of aryl methyl sites for hydroxylation is 3. The van der Waals surface area contributed by atoms with Gasteiger partial charge in [0.1, 0.15) is 0 Å². The molecule has 3 N–H and O–H groups in total. The number of rotatable bonds is 4. The predicted octanol–water partition coefficient (Wildman–Crippen LogP) is 4.49. The van der Waals surface area contributed by atoms with Gasteiger partial charge in [0.25, 0.3) is 0 Å². The first-order valence-electron chi connectivity index (χ1n) is 6.81. The minimum atomic E-state index is 0.118. The number of benzene rings is 2. The van der Waals surface area contributed by atoms with Gasteiger partial charge < -0.3 is 11.1 Å². The van der Waals surface area contributed by atoms with Crippen LogP contribution in [0.25, 0.3) is 0 Å². The molecule has 20 heavy (non-hydrogen) atoms.